The second-order valence-electron chi connectivity index (χ2n) is 11.2. The average Bonchev–Trinajstić information content (AvgIpc) is 3.85. The Labute approximate surface area is 262 Å². The van der Waals surface area contributed by atoms with E-state index in [2.05, 4.69) is 5.32 Å². The van der Waals surface area contributed by atoms with E-state index in [0.717, 1.165) is 22.8 Å². The fourth-order valence-electron chi connectivity index (χ4n) is 5.43. The molecule has 1 saturated carbocycles. The number of aromatic nitrogens is 2. The lowest BCUT2D eigenvalue weighted by molar-refractivity contribution is -0.146. The van der Waals surface area contributed by atoms with E-state index in [-0.39, 0.29) is 54.8 Å². The van der Waals surface area contributed by atoms with Gasteiger partial charge >= 0.3 is 0 Å². The van der Waals surface area contributed by atoms with Crippen molar-refractivity contribution in [1.29, 1.82) is 0 Å². The van der Waals surface area contributed by atoms with Crippen LogP contribution in [0.4, 0.5) is 0 Å². The number of carbonyl (C=O) groups excluding carboxylic acids is 1. The number of hydrogen-bond acceptors (Lipinski definition) is 8. The second-order valence-corrected chi connectivity index (χ2v) is 13.2. The number of allylic oxidation sites excluding steroid dienone is 1. The van der Waals surface area contributed by atoms with Gasteiger partial charge in [-0.1, -0.05) is 18.2 Å². The third kappa shape index (κ3) is 7.33. The van der Waals surface area contributed by atoms with Crippen molar-refractivity contribution < 1.29 is 32.5 Å². The van der Waals surface area contributed by atoms with Crippen LogP contribution in [0.3, 0.4) is 0 Å². The minimum atomic E-state index is -3.94. The first-order chi connectivity index (χ1) is 21.6. The van der Waals surface area contributed by atoms with Gasteiger partial charge in [-0.25, -0.2) is 13.1 Å². The summed E-state index contributed by atoms with van der Waals surface area (Å²) in [6.07, 6.45) is 3.12. The molecule has 2 heterocycles. The Balaban J connectivity index is 1.36. The zero-order chi connectivity index (χ0) is 32.1. The summed E-state index contributed by atoms with van der Waals surface area (Å²) >= 11 is 0. The number of amides is 1. The molecule has 0 radical (unpaired) electrons. The normalized spacial score (nSPS) is 18.4. The Bertz CT molecular complexity index is 1680. The predicted molar refractivity (Wildman–Crippen MR) is 167 cm³/mol. The molecule has 0 bridgehead atoms. The van der Waals surface area contributed by atoms with Crippen LogP contribution in [0.1, 0.15) is 36.4 Å². The van der Waals surface area contributed by atoms with Gasteiger partial charge in [-0.3, -0.25) is 14.3 Å². The van der Waals surface area contributed by atoms with Crippen molar-refractivity contribution in [3.05, 3.63) is 88.0 Å². The molecule has 45 heavy (non-hydrogen) atoms. The van der Waals surface area contributed by atoms with Crippen molar-refractivity contribution in [2.45, 2.75) is 43.3 Å². The molecule has 1 aliphatic heterocycles. The predicted octanol–water partition coefficient (Wildman–Crippen LogP) is 2.43. The van der Waals surface area contributed by atoms with E-state index in [1.54, 1.807) is 27.6 Å². The third-order valence-electron chi connectivity index (χ3n) is 8.19. The van der Waals surface area contributed by atoms with Crippen LogP contribution in [-0.4, -0.2) is 79.3 Å². The Kier molecular flexibility index (Phi) is 10.1. The molecule has 0 saturated heterocycles. The van der Waals surface area contributed by atoms with Gasteiger partial charge in [0.1, 0.15) is 5.75 Å². The number of ether oxygens (including phenoxy) is 3. The van der Waals surface area contributed by atoms with Gasteiger partial charge in [0, 0.05) is 50.3 Å². The SMILES string of the molecule is COc1ccc(S(=O)(=O)N(CCO)CCO[C@H]2C[C@@H](c3c(C)n(C)n(-c4ccccc4)c3=O)C=C(C(=O)NCC3CC3)O2)cc1. The van der Waals surface area contributed by atoms with E-state index < -0.39 is 22.2 Å². The van der Waals surface area contributed by atoms with Gasteiger partial charge < -0.3 is 24.6 Å². The molecule has 2 aliphatic rings. The number of benzene rings is 2. The van der Waals surface area contributed by atoms with E-state index in [9.17, 15) is 23.1 Å². The number of rotatable bonds is 14. The van der Waals surface area contributed by atoms with Crippen molar-refractivity contribution in [2.75, 3.05) is 40.0 Å². The van der Waals surface area contributed by atoms with Gasteiger partial charge in [-0.05, 0) is 68.2 Å². The van der Waals surface area contributed by atoms with Crippen LogP contribution in [-0.2, 0) is 31.3 Å². The van der Waals surface area contributed by atoms with E-state index in [1.165, 1.54) is 19.2 Å². The lowest BCUT2D eigenvalue weighted by Crippen LogP contribution is -2.38. The molecular formula is C32H40N4O8S. The average molecular weight is 641 g/mol. The number of carbonyl (C=O) groups is 1. The Hall–Kier alpha value is -3.91. The number of methoxy groups -OCH3 is 1. The molecule has 1 fully saturated rings. The molecule has 3 aromatic rings. The molecule has 242 valence electrons. The number of sulfonamides is 1. The number of para-hydroxylation sites is 1. The Morgan fingerprint density at radius 2 is 1.82 bits per heavy atom. The standard InChI is InChI=1S/C32H40N4O8S/c1-22-30(32(39)36(34(22)2)25-7-5-4-6-8-25)24-19-28(31(38)33-21-23-9-10-23)44-29(20-24)43-18-16-35(15-17-37)45(40,41)27-13-11-26(42-3)12-14-27/h4-8,11-14,19,23-24,29,37H,9-10,15-18,20-21H2,1-3H3,(H,33,38)/t24-,29+/m0/s1. The van der Waals surface area contributed by atoms with Crippen LogP contribution < -0.4 is 15.6 Å². The lowest BCUT2D eigenvalue weighted by atomic mass is 9.93. The third-order valence-corrected chi connectivity index (χ3v) is 10.1. The van der Waals surface area contributed by atoms with Crippen molar-refractivity contribution in [2.24, 2.45) is 13.0 Å². The van der Waals surface area contributed by atoms with Crippen molar-refractivity contribution in [1.82, 2.24) is 19.0 Å². The minimum Gasteiger partial charge on any atom is -0.497 e. The highest BCUT2D eigenvalue weighted by atomic mass is 32.2. The molecule has 5 rings (SSSR count). The Morgan fingerprint density at radius 3 is 2.47 bits per heavy atom. The maximum absolute atomic E-state index is 13.8. The molecule has 1 aromatic heterocycles. The smallest absolute Gasteiger partial charge is 0.286 e. The van der Waals surface area contributed by atoms with E-state index in [1.807, 2.05) is 44.3 Å². The maximum Gasteiger partial charge on any atom is 0.286 e. The number of nitrogens with one attached hydrogen (secondary N) is 1. The van der Waals surface area contributed by atoms with Crippen molar-refractivity contribution in [3.8, 4) is 11.4 Å². The first kappa shape index (κ1) is 32.5. The maximum atomic E-state index is 13.8. The fraction of sp³-hybridized carbons (Fsp3) is 0.438. The molecule has 2 aromatic carbocycles. The van der Waals surface area contributed by atoms with E-state index in [4.69, 9.17) is 14.2 Å². The number of aliphatic hydroxyl groups is 1. The highest BCUT2D eigenvalue weighted by Crippen LogP contribution is 2.33. The van der Waals surface area contributed by atoms with Gasteiger partial charge in [0.15, 0.2) is 5.76 Å². The summed E-state index contributed by atoms with van der Waals surface area (Å²) in [4.78, 5) is 27.0. The molecule has 1 aliphatic carbocycles. The number of aliphatic hydroxyl groups excluding tert-OH is 1. The number of nitrogens with zero attached hydrogens (tertiary/aromatic N) is 3. The summed E-state index contributed by atoms with van der Waals surface area (Å²) in [5.41, 5.74) is 1.77. The molecule has 1 amide bonds. The molecular weight excluding hydrogens is 600 g/mol. The van der Waals surface area contributed by atoms with Gasteiger partial charge in [0.2, 0.25) is 16.3 Å². The van der Waals surface area contributed by atoms with E-state index >= 15 is 0 Å². The molecule has 12 nitrogen and oxygen atoms in total. The first-order valence-electron chi connectivity index (χ1n) is 15.0. The van der Waals surface area contributed by atoms with Crippen LogP contribution in [0.2, 0.25) is 0 Å². The summed E-state index contributed by atoms with van der Waals surface area (Å²) in [5.74, 6) is 0.153. The molecule has 13 heteroatoms. The Morgan fingerprint density at radius 1 is 1.11 bits per heavy atom. The summed E-state index contributed by atoms with van der Waals surface area (Å²) in [7, 11) is -0.639. The first-order valence-corrected chi connectivity index (χ1v) is 16.4. The lowest BCUT2D eigenvalue weighted by Gasteiger charge is -2.29. The summed E-state index contributed by atoms with van der Waals surface area (Å²) in [6.45, 7) is 1.73. The summed E-state index contributed by atoms with van der Waals surface area (Å²) in [6, 6.07) is 15.3. The minimum absolute atomic E-state index is 0.0533. The molecule has 2 N–H and O–H groups in total. The van der Waals surface area contributed by atoms with Crippen LogP contribution in [0.25, 0.3) is 5.69 Å². The fourth-order valence-corrected chi connectivity index (χ4v) is 6.84. The van der Waals surface area contributed by atoms with Crippen molar-refractivity contribution >= 4 is 15.9 Å². The quantitative estimate of drug-likeness (QED) is 0.274. The summed E-state index contributed by atoms with van der Waals surface area (Å²) in [5, 5.41) is 12.5. The highest BCUT2D eigenvalue weighted by molar-refractivity contribution is 7.89. The van der Waals surface area contributed by atoms with Gasteiger partial charge in [0.05, 0.1) is 30.9 Å². The van der Waals surface area contributed by atoms with Crippen LogP contribution in [0.5, 0.6) is 5.75 Å². The largest absolute Gasteiger partial charge is 0.497 e. The zero-order valence-electron chi connectivity index (χ0n) is 25.7. The van der Waals surface area contributed by atoms with Crippen LogP contribution >= 0.6 is 0 Å². The van der Waals surface area contributed by atoms with Crippen molar-refractivity contribution in [3.63, 3.8) is 0 Å². The van der Waals surface area contributed by atoms with Crippen LogP contribution in [0.15, 0.2) is 76.1 Å². The van der Waals surface area contributed by atoms with E-state index in [0.29, 0.717) is 29.5 Å². The molecule has 0 spiro atoms. The number of hydrogen-bond donors (Lipinski definition) is 2. The molecule has 2 atom stereocenters. The van der Waals surface area contributed by atoms with Gasteiger partial charge in [-0.15, -0.1) is 0 Å². The monoisotopic (exact) mass is 640 g/mol. The van der Waals surface area contributed by atoms with Gasteiger partial charge in [0.25, 0.3) is 11.5 Å². The summed E-state index contributed by atoms with van der Waals surface area (Å²) < 4.78 is 48.3. The van der Waals surface area contributed by atoms with Crippen LogP contribution in [0, 0.1) is 12.8 Å². The van der Waals surface area contributed by atoms with Gasteiger partial charge in [-0.2, -0.15) is 4.31 Å². The zero-order valence-corrected chi connectivity index (χ0v) is 26.5. The topological polar surface area (TPSA) is 141 Å². The molecule has 0 unspecified atom stereocenters. The second kappa shape index (κ2) is 14.0. The highest BCUT2D eigenvalue weighted by Gasteiger charge is 2.34.